The van der Waals surface area contributed by atoms with Crippen LogP contribution in [0.25, 0.3) is 0 Å². The molecule has 122 valence electrons. The fraction of sp³-hybridized carbons (Fsp3) is 0.556. The highest BCUT2D eigenvalue weighted by molar-refractivity contribution is 7.86. The summed E-state index contributed by atoms with van der Waals surface area (Å²) < 4.78 is 17.7. The fourth-order valence-electron chi connectivity index (χ4n) is 3.61. The van der Waals surface area contributed by atoms with Crippen molar-refractivity contribution in [1.82, 2.24) is 0 Å². The number of ether oxygens (including phenoxy) is 1. The average molecular weight is 331 g/mol. The number of benzene rings is 1. The number of ketones is 1. The number of hydrogen-bond donors (Lipinski definition) is 0. The maximum atomic E-state index is 12.7. The molecule has 0 aromatic heterocycles. The Morgan fingerprint density at radius 3 is 2.48 bits per heavy atom. The molecule has 5 heteroatoms. The summed E-state index contributed by atoms with van der Waals surface area (Å²) in [6.45, 7) is 0.363. The van der Waals surface area contributed by atoms with Gasteiger partial charge in [0.2, 0.25) is 0 Å². The smallest absolute Gasteiger partial charge is 0.166 e. The molecule has 0 saturated carbocycles. The summed E-state index contributed by atoms with van der Waals surface area (Å²) in [6, 6.07) is 9.19. The van der Waals surface area contributed by atoms with Crippen molar-refractivity contribution in [1.29, 1.82) is 5.26 Å². The molecular weight excluding hydrogens is 310 g/mol. The molecule has 2 fully saturated rings. The first-order valence-electron chi connectivity index (χ1n) is 8.22. The largest absolute Gasteiger partial charge is 0.493 e. The van der Waals surface area contributed by atoms with Gasteiger partial charge in [0.15, 0.2) is 5.78 Å². The van der Waals surface area contributed by atoms with Crippen LogP contribution in [0.1, 0.15) is 48.9 Å². The lowest BCUT2D eigenvalue weighted by Crippen LogP contribution is -2.41. The summed E-state index contributed by atoms with van der Waals surface area (Å²) in [7, 11) is -0.737. The normalized spacial score (nSPS) is 29.5. The molecule has 1 aromatic carbocycles. The minimum absolute atomic E-state index is 0.00774. The molecule has 2 saturated heterocycles. The van der Waals surface area contributed by atoms with Gasteiger partial charge in [-0.25, -0.2) is 0 Å². The molecule has 0 amide bonds. The number of nitrogens with zero attached hydrogens (tertiary/aromatic N) is 1. The van der Waals surface area contributed by atoms with Crippen LogP contribution in [-0.4, -0.2) is 27.1 Å². The molecule has 2 atom stereocenters. The van der Waals surface area contributed by atoms with Gasteiger partial charge in [-0.1, -0.05) is 6.42 Å². The number of carbonyl (C=O) groups is 1. The molecule has 0 spiro atoms. The van der Waals surface area contributed by atoms with Crippen LogP contribution >= 0.6 is 0 Å². The molecule has 2 aliphatic rings. The van der Waals surface area contributed by atoms with E-state index >= 15 is 0 Å². The first kappa shape index (κ1) is 16.2. The van der Waals surface area contributed by atoms with Crippen LogP contribution in [0, 0.1) is 17.2 Å². The number of fused-ring (bicyclic) bond motifs is 2. The monoisotopic (exact) mass is 331 g/mol. The van der Waals surface area contributed by atoms with Crippen LogP contribution in [0.2, 0.25) is 0 Å². The molecule has 0 radical (unpaired) electrons. The standard InChI is InChI=1S/C18H21NO3S/c19-9-2-10-22-15-7-5-13(6-8-15)18(20)14-11-16-3-1-4-17(12-14)23(16)21/h5-8,14,16-17H,1-4,10-12H2. The molecule has 0 aliphatic carbocycles. The van der Waals surface area contributed by atoms with E-state index in [-0.39, 0.29) is 22.2 Å². The second-order valence-corrected chi connectivity index (χ2v) is 8.31. The topological polar surface area (TPSA) is 67.2 Å². The highest BCUT2D eigenvalue weighted by atomic mass is 32.2. The third kappa shape index (κ3) is 3.64. The fourth-order valence-corrected chi connectivity index (χ4v) is 5.80. The quantitative estimate of drug-likeness (QED) is 0.613. The second kappa shape index (κ2) is 7.27. The van der Waals surface area contributed by atoms with Crippen molar-refractivity contribution in [3.05, 3.63) is 29.8 Å². The molecule has 2 bridgehead atoms. The highest BCUT2D eigenvalue weighted by Crippen LogP contribution is 2.38. The van der Waals surface area contributed by atoms with E-state index in [0.717, 1.165) is 32.1 Å². The molecule has 2 heterocycles. The lowest BCUT2D eigenvalue weighted by Gasteiger charge is -2.37. The van der Waals surface area contributed by atoms with Gasteiger partial charge in [0, 0.05) is 32.8 Å². The molecule has 2 unspecified atom stereocenters. The molecule has 0 N–H and O–H groups in total. The van der Waals surface area contributed by atoms with Crippen molar-refractivity contribution in [3.8, 4) is 11.8 Å². The molecule has 3 rings (SSSR count). The summed E-state index contributed by atoms with van der Waals surface area (Å²) in [4.78, 5) is 12.7. The molecule has 23 heavy (non-hydrogen) atoms. The Morgan fingerprint density at radius 2 is 1.87 bits per heavy atom. The second-order valence-electron chi connectivity index (χ2n) is 6.32. The average Bonchev–Trinajstić information content (AvgIpc) is 2.55. The third-order valence-electron chi connectivity index (χ3n) is 4.80. The van der Waals surface area contributed by atoms with E-state index in [0.29, 0.717) is 24.3 Å². The van der Waals surface area contributed by atoms with E-state index in [9.17, 15) is 9.00 Å². The Hall–Kier alpha value is -1.67. The number of nitriles is 1. The maximum Gasteiger partial charge on any atom is 0.166 e. The summed E-state index contributed by atoms with van der Waals surface area (Å²) in [5.74, 6) is 0.856. The van der Waals surface area contributed by atoms with Crippen molar-refractivity contribution in [2.45, 2.75) is 49.0 Å². The summed E-state index contributed by atoms with van der Waals surface area (Å²) in [6.07, 6.45) is 5.03. The van der Waals surface area contributed by atoms with Crippen LogP contribution in [-0.2, 0) is 10.8 Å². The Kier molecular flexibility index (Phi) is 5.12. The minimum atomic E-state index is -0.737. The SMILES string of the molecule is N#CCCOc1ccc(C(=O)C2CC3CCCC(C2)S3=O)cc1. The van der Waals surface area contributed by atoms with E-state index in [4.69, 9.17) is 10.00 Å². The number of rotatable bonds is 5. The third-order valence-corrected chi connectivity index (χ3v) is 6.97. The van der Waals surface area contributed by atoms with Gasteiger partial charge in [-0.15, -0.1) is 0 Å². The van der Waals surface area contributed by atoms with Gasteiger partial charge in [0.25, 0.3) is 0 Å². The van der Waals surface area contributed by atoms with Gasteiger partial charge < -0.3 is 4.74 Å². The van der Waals surface area contributed by atoms with Crippen LogP contribution in [0.15, 0.2) is 24.3 Å². The van der Waals surface area contributed by atoms with Gasteiger partial charge in [-0.05, 0) is 49.9 Å². The van der Waals surface area contributed by atoms with Crippen molar-refractivity contribution >= 4 is 16.6 Å². The summed E-state index contributed by atoms with van der Waals surface area (Å²) >= 11 is 0. The van der Waals surface area contributed by atoms with Crippen molar-refractivity contribution in [2.75, 3.05) is 6.61 Å². The zero-order valence-corrected chi connectivity index (χ0v) is 13.9. The predicted molar refractivity (Wildman–Crippen MR) is 88.8 cm³/mol. The minimum Gasteiger partial charge on any atom is -0.493 e. The first-order chi connectivity index (χ1) is 11.2. The Bertz CT molecular complexity index is 619. The number of carbonyl (C=O) groups excluding carboxylic acids is 1. The zero-order valence-electron chi connectivity index (χ0n) is 13.1. The van der Waals surface area contributed by atoms with Gasteiger partial charge in [-0.2, -0.15) is 5.26 Å². The molecule has 4 nitrogen and oxygen atoms in total. The van der Waals surface area contributed by atoms with Crippen LogP contribution in [0.4, 0.5) is 0 Å². The Balaban J connectivity index is 1.64. The summed E-state index contributed by atoms with van der Waals surface area (Å²) in [5.41, 5.74) is 0.702. The van der Waals surface area contributed by atoms with Crippen LogP contribution < -0.4 is 4.74 Å². The lowest BCUT2D eigenvalue weighted by molar-refractivity contribution is 0.0895. The first-order valence-corrected chi connectivity index (χ1v) is 9.50. The number of Topliss-reactive ketones (excluding diaryl/α,β-unsaturated/α-hetero) is 1. The van der Waals surface area contributed by atoms with E-state index in [1.807, 2.05) is 6.07 Å². The van der Waals surface area contributed by atoms with Crippen LogP contribution in [0.5, 0.6) is 5.75 Å². The van der Waals surface area contributed by atoms with E-state index in [1.54, 1.807) is 24.3 Å². The zero-order chi connectivity index (χ0) is 16.2. The Morgan fingerprint density at radius 1 is 1.22 bits per heavy atom. The van der Waals surface area contributed by atoms with Gasteiger partial charge in [-0.3, -0.25) is 9.00 Å². The van der Waals surface area contributed by atoms with Gasteiger partial charge >= 0.3 is 0 Å². The maximum absolute atomic E-state index is 12.7. The van der Waals surface area contributed by atoms with E-state index in [2.05, 4.69) is 0 Å². The van der Waals surface area contributed by atoms with Crippen molar-refractivity contribution < 1.29 is 13.7 Å². The molecule has 1 aromatic rings. The lowest BCUT2D eigenvalue weighted by atomic mass is 9.84. The predicted octanol–water partition coefficient (Wildman–Crippen LogP) is 3.24. The number of hydrogen-bond acceptors (Lipinski definition) is 4. The van der Waals surface area contributed by atoms with Crippen molar-refractivity contribution in [2.24, 2.45) is 5.92 Å². The Labute approximate surface area is 139 Å². The van der Waals surface area contributed by atoms with Crippen molar-refractivity contribution in [3.63, 3.8) is 0 Å². The van der Waals surface area contributed by atoms with Crippen LogP contribution in [0.3, 0.4) is 0 Å². The van der Waals surface area contributed by atoms with E-state index < -0.39 is 10.8 Å². The van der Waals surface area contributed by atoms with Gasteiger partial charge in [0.05, 0.1) is 12.5 Å². The summed E-state index contributed by atoms with van der Waals surface area (Å²) in [5, 5.41) is 8.92. The van der Waals surface area contributed by atoms with E-state index in [1.165, 1.54) is 0 Å². The molecule has 2 aliphatic heterocycles. The van der Waals surface area contributed by atoms with Gasteiger partial charge in [0.1, 0.15) is 12.4 Å². The molecular formula is C18H21NO3S. The highest BCUT2D eigenvalue weighted by Gasteiger charge is 2.40.